The van der Waals surface area contributed by atoms with E-state index < -0.39 is 0 Å². The van der Waals surface area contributed by atoms with Crippen LogP contribution in [0.2, 0.25) is 0 Å². The van der Waals surface area contributed by atoms with Crippen LogP contribution in [-0.4, -0.2) is 29.4 Å². The van der Waals surface area contributed by atoms with Gasteiger partial charge in [-0.15, -0.1) is 6.42 Å². The lowest BCUT2D eigenvalue weighted by atomic mass is 9.93. The van der Waals surface area contributed by atoms with Crippen molar-refractivity contribution in [1.82, 2.24) is 4.90 Å². The van der Waals surface area contributed by atoms with Crippen molar-refractivity contribution >= 4 is 11.6 Å². The summed E-state index contributed by atoms with van der Waals surface area (Å²) in [7, 11) is 0. The van der Waals surface area contributed by atoms with Crippen molar-refractivity contribution in [2.75, 3.05) is 18.4 Å². The van der Waals surface area contributed by atoms with Crippen molar-refractivity contribution in [3.63, 3.8) is 0 Å². The highest BCUT2D eigenvalue weighted by atomic mass is 16.2. The van der Waals surface area contributed by atoms with Gasteiger partial charge in [-0.25, -0.2) is 0 Å². The highest BCUT2D eigenvalue weighted by Crippen LogP contribution is 2.39. The third-order valence-electron chi connectivity index (χ3n) is 4.37. The van der Waals surface area contributed by atoms with Gasteiger partial charge in [-0.1, -0.05) is 5.92 Å². The molecule has 2 saturated heterocycles. The standard InChI is InChI=1S/C16H18N2O/c1-2-13-5-7-14(8-6-13)17-15(19)16-9-3-11-18(16)12-4-10-16/h1,5-8H,3-4,9-12H2,(H,17,19). The zero-order valence-corrected chi connectivity index (χ0v) is 11.0. The second-order valence-corrected chi connectivity index (χ2v) is 5.40. The first kappa shape index (κ1) is 12.3. The molecule has 0 aliphatic carbocycles. The van der Waals surface area contributed by atoms with Crippen LogP contribution in [0.4, 0.5) is 5.69 Å². The summed E-state index contributed by atoms with van der Waals surface area (Å²) in [6.45, 7) is 2.12. The number of carbonyl (C=O) groups excluding carboxylic acids is 1. The minimum atomic E-state index is -0.245. The first-order chi connectivity index (χ1) is 9.24. The van der Waals surface area contributed by atoms with E-state index in [1.807, 2.05) is 24.3 Å². The van der Waals surface area contributed by atoms with Crippen LogP contribution in [0.3, 0.4) is 0 Å². The summed E-state index contributed by atoms with van der Waals surface area (Å²) in [6.07, 6.45) is 9.56. The Balaban J connectivity index is 1.76. The summed E-state index contributed by atoms with van der Waals surface area (Å²) in [6, 6.07) is 7.46. The molecule has 0 saturated carbocycles. The highest BCUT2D eigenvalue weighted by molar-refractivity contribution is 5.98. The molecule has 2 aliphatic rings. The number of amides is 1. The number of anilines is 1. The van der Waals surface area contributed by atoms with Crippen LogP contribution in [0.1, 0.15) is 31.2 Å². The summed E-state index contributed by atoms with van der Waals surface area (Å²) >= 11 is 0. The lowest BCUT2D eigenvalue weighted by Crippen LogP contribution is -2.48. The summed E-state index contributed by atoms with van der Waals surface area (Å²) in [5.74, 6) is 2.73. The van der Waals surface area contributed by atoms with Crippen molar-refractivity contribution in [2.45, 2.75) is 31.2 Å². The second kappa shape index (κ2) is 4.71. The summed E-state index contributed by atoms with van der Waals surface area (Å²) in [5, 5.41) is 3.05. The topological polar surface area (TPSA) is 32.3 Å². The fourth-order valence-electron chi connectivity index (χ4n) is 3.37. The first-order valence-corrected chi connectivity index (χ1v) is 6.88. The van der Waals surface area contributed by atoms with Gasteiger partial charge in [0, 0.05) is 11.3 Å². The van der Waals surface area contributed by atoms with Crippen molar-refractivity contribution in [1.29, 1.82) is 0 Å². The number of terminal acetylenes is 1. The van der Waals surface area contributed by atoms with Gasteiger partial charge in [0.1, 0.15) is 5.54 Å². The Morgan fingerprint density at radius 3 is 2.42 bits per heavy atom. The highest BCUT2D eigenvalue weighted by Gasteiger charge is 2.49. The average molecular weight is 254 g/mol. The molecule has 0 bridgehead atoms. The van der Waals surface area contributed by atoms with E-state index >= 15 is 0 Å². The molecular formula is C16H18N2O. The van der Waals surface area contributed by atoms with Gasteiger partial charge < -0.3 is 5.32 Å². The fourth-order valence-corrected chi connectivity index (χ4v) is 3.37. The molecular weight excluding hydrogens is 236 g/mol. The molecule has 0 unspecified atom stereocenters. The number of fused-ring (bicyclic) bond motifs is 1. The zero-order chi connectivity index (χ0) is 13.3. The Kier molecular flexibility index (Phi) is 3.04. The normalized spacial score (nSPS) is 20.8. The van der Waals surface area contributed by atoms with Crippen LogP contribution in [0.25, 0.3) is 0 Å². The summed E-state index contributed by atoms with van der Waals surface area (Å²) in [4.78, 5) is 14.9. The Hall–Kier alpha value is -1.79. The number of rotatable bonds is 2. The smallest absolute Gasteiger partial charge is 0.244 e. The fraction of sp³-hybridized carbons (Fsp3) is 0.438. The van der Waals surface area contributed by atoms with Gasteiger partial charge in [-0.3, -0.25) is 9.69 Å². The Morgan fingerprint density at radius 1 is 1.21 bits per heavy atom. The predicted octanol–water partition coefficient (Wildman–Crippen LogP) is 2.23. The SMILES string of the molecule is C#Cc1ccc(NC(=O)C23CCCN2CCC3)cc1. The lowest BCUT2D eigenvalue weighted by Gasteiger charge is -2.30. The molecule has 19 heavy (non-hydrogen) atoms. The molecule has 2 aliphatic heterocycles. The number of carbonyl (C=O) groups is 1. The summed E-state index contributed by atoms with van der Waals surface area (Å²) < 4.78 is 0. The van der Waals surface area contributed by atoms with E-state index in [2.05, 4.69) is 16.1 Å². The van der Waals surface area contributed by atoms with Gasteiger partial charge in [0.2, 0.25) is 5.91 Å². The maximum Gasteiger partial charge on any atom is 0.244 e. The molecule has 2 heterocycles. The molecule has 2 fully saturated rings. The number of nitrogens with zero attached hydrogens (tertiary/aromatic N) is 1. The molecule has 0 radical (unpaired) electrons. The van der Waals surface area contributed by atoms with E-state index in [1.165, 1.54) is 0 Å². The molecule has 1 N–H and O–H groups in total. The van der Waals surface area contributed by atoms with Crippen LogP contribution in [0.15, 0.2) is 24.3 Å². The Morgan fingerprint density at radius 2 is 1.84 bits per heavy atom. The number of benzene rings is 1. The molecule has 3 heteroatoms. The molecule has 1 amide bonds. The third kappa shape index (κ3) is 2.02. The van der Waals surface area contributed by atoms with Crippen molar-refractivity contribution < 1.29 is 4.79 Å². The van der Waals surface area contributed by atoms with E-state index in [4.69, 9.17) is 6.42 Å². The van der Waals surface area contributed by atoms with Crippen LogP contribution in [-0.2, 0) is 4.79 Å². The lowest BCUT2D eigenvalue weighted by molar-refractivity contribution is -0.125. The van der Waals surface area contributed by atoms with E-state index in [0.717, 1.165) is 50.0 Å². The second-order valence-electron chi connectivity index (χ2n) is 5.40. The quantitative estimate of drug-likeness (QED) is 0.821. The third-order valence-corrected chi connectivity index (χ3v) is 4.37. The van der Waals surface area contributed by atoms with Gasteiger partial charge in [0.05, 0.1) is 0 Å². The van der Waals surface area contributed by atoms with E-state index in [0.29, 0.717) is 0 Å². The van der Waals surface area contributed by atoms with E-state index in [1.54, 1.807) is 0 Å². The molecule has 0 atom stereocenters. The monoisotopic (exact) mass is 254 g/mol. The number of hydrogen-bond donors (Lipinski definition) is 1. The van der Waals surface area contributed by atoms with Crippen LogP contribution >= 0.6 is 0 Å². The Bertz CT molecular complexity index is 517. The summed E-state index contributed by atoms with van der Waals surface area (Å²) in [5.41, 5.74) is 1.42. The van der Waals surface area contributed by atoms with Crippen molar-refractivity contribution in [3.8, 4) is 12.3 Å². The Labute approximate surface area is 114 Å². The molecule has 3 nitrogen and oxygen atoms in total. The average Bonchev–Trinajstić information content (AvgIpc) is 2.99. The van der Waals surface area contributed by atoms with Gasteiger partial charge in [0.15, 0.2) is 0 Å². The van der Waals surface area contributed by atoms with E-state index in [9.17, 15) is 4.79 Å². The van der Waals surface area contributed by atoms with Crippen molar-refractivity contribution in [2.24, 2.45) is 0 Å². The predicted molar refractivity (Wildman–Crippen MR) is 75.8 cm³/mol. The minimum Gasteiger partial charge on any atom is -0.324 e. The van der Waals surface area contributed by atoms with Crippen LogP contribution < -0.4 is 5.32 Å². The molecule has 3 rings (SSSR count). The van der Waals surface area contributed by atoms with E-state index in [-0.39, 0.29) is 11.4 Å². The molecule has 0 aromatic heterocycles. The molecule has 98 valence electrons. The molecule has 1 aromatic carbocycles. The van der Waals surface area contributed by atoms with Crippen LogP contribution in [0.5, 0.6) is 0 Å². The van der Waals surface area contributed by atoms with Gasteiger partial charge >= 0.3 is 0 Å². The maximum absolute atomic E-state index is 12.6. The van der Waals surface area contributed by atoms with Gasteiger partial charge in [0.25, 0.3) is 0 Å². The molecule has 1 aromatic rings. The zero-order valence-electron chi connectivity index (χ0n) is 11.0. The largest absolute Gasteiger partial charge is 0.324 e. The number of nitrogens with one attached hydrogen (secondary N) is 1. The molecule has 0 spiro atoms. The number of hydrogen-bond acceptors (Lipinski definition) is 2. The van der Waals surface area contributed by atoms with Gasteiger partial charge in [-0.05, 0) is 63.0 Å². The first-order valence-electron chi connectivity index (χ1n) is 6.88. The van der Waals surface area contributed by atoms with Crippen LogP contribution in [0, 0.1) is 12.3 Å². The minimum absolute atomic E-state index is 0.149. The maximum atomic E-state index is 12.6. The van der Waals surface area contributed by atoms with Gasteiger partial charge in [-0.2, -0.15) is 0 Å². The van der Waals surface area contributed by atoms with Crippen molar-refractivity contribution in [3.05, 3.63) is 29.8 Å².